The summed E-state index contributed by atoms with van der Waals surface area (Å²) in [6.45, 7) is 7.68. The lowest BCUT2D eigenvalue weighted by Gasteiger charge is -2.38. The molecule has 4 rings (SSSR count). The van der Waals surface area contributed by atoms with E-state index < -0.39 is 11.7 Å². The molecule has 0 spiro atoms. The summed E-state index contributed by atoms with van der Waals surface area (Å²) in [6.07, 6.45) is -2.92. The van der Waals surface area contributed by atoms with Gasteiger partial charge in [0.05, 0.1) is 12.2 Å². The summed E-state index contributed by atoms with van der Waals surface area (Å²) in [6, 6.07) is 6.40. The van der Waals surface area contributed by atoms with Crippen molar-refractivity contribution in [3.05, 3.63) is 58.4 Å². The van der Waals surface area contributed by atoms with E-state index in [0.717, 1.165) is 41.6 Å². The van der Waals surface area contributed by atoms with E-state index in [0.29, 0.717) is 13.1 Å². The first-order chi connectivity index (χ1) is 15.6. The van der Waals surface area contributed by atoms with Crippen LogP contribution in [0.1, 0.15) is 52.1 Å². The fourth-order valence-electron chi connectivity index (χ4n) is 5.02. The Balaban J connectivity index is 1.44. The van der Waals surface area contributed by atoms with E-state index in [1.807, 2.05) is 13.0 Å². The monoisotopic (exact) mass is 463 g/mol. The van der Waals surface area contributed by atoms with Gasteiger partial charge >= 0.3 is 6.18 Å². The Morgan fingerprint density at radius 2 is 1.94 bits per heavy atom. The van der Waals surface area contributed by atoms with Crippen molar-refractivity contribution < 1.29 is 27.8 Å². The second-order valence-corrected chi connectivity index (χ2v) is 8.78. The Morgan fingerprint density at radius 1 is 1.18 bits per heavy atom. The van der Waals surface area contributed by atoms with Crippen molar-refractivity contribution in [2.45, 2.75) is 51.5 Å². The van der Waals surface area contributed by atoms with E-state index in [1.54, 1.807) is 4.90 Å². The molecule has 1 aromatic heterocycles. The molecule has 2 bridgehead atoms. The predicted octanol–water partition coefficient (Wildman–Crippen LogP) is 3.75. The van der Waals surface area contributed by atoms with Gasteiger partial charge in [-0.1, -0.05) is 6.07 Å². The van der Waals surface area contributed by atoms with Crippen LogP contribution in [0.2, 0.25) is 0 Å². The Morgan fingerprint density at radius 3 is 2.52 bits per heavy atom. The minimum atomic E-state index is -4.47. The van der Waals surface area contributed by atoms with Crippen molar-refractivity contribution in [2.24, 2.45) is 0 Å². The van der Waals surface area contributed by atoms with E-state index in [2.05, 4.69) is 29.8 Å². The van der Waals surface area contributed by atoms with Crippen molar-refractivity contribution in [2.75, 3.05) is 26.3 Å². The summed E-state index contributed by atoms with van der Waals surface area (Å²) in [5.74, 6) is 0.446. The average molecular weight is 464 g/mol. The number of likely N-dealkylation sites (tertiary alicyclic amines) is 2. The van der Waals surface area contributed by atoms with Gasteiger partial charge in [-0.05, 0) is 62.1 Å². The fraction of sp³-hybridized carbons (Fsp3) is 0.500. The van der Waals surface area contributed by atoms with Gasteiger partial charge in [0.1, 0.15) is 18.1 Å². The number of piperazine rings is 1. The fourth-order valence-corrected chi connectivity index (χ4v) is 5.02. The molecule has 6 nitrogen and oxygen atoms in total. The number of fused-ring (bicyclic) bond motifs is 2. The number of aliphatic hydroxyl groups is 1. The number of halogens is 3. The maximum atomic E-state index is 12.9. The topological polar surface area (TPSA) is 65.9 Å². The molecule has 2 fully saturated rings. The summed E-state index contributed by atoms with van der Waals surface area (Å²) in [5.41, 5.74) is 2.56. The third-order valence-electron chi connectivity index (χ3n) is 6.93. The van der Waals surface area contributed by atoms with Gasteiger partial charge in [0.25, 0.3) is 5.91 Å². The third-order valence-corrected chi connectivity index (χ3v) is 6.93. The van der Waals surface area contributed by atoms with Crippen LogP contribution in [-0.4, -0.2) is 64.2 Å². The van der Waals surface area contributed by atoms with Crippen molar-refractivity contribution >= 4 is 5.91 Å². The summed E-state index contributed by atoms with van der Waals surface area (Å²) in [4.78, 5) is 20.8. The maximum absolute atomic E-state index is 12.9. The Labute approximate surface area is 191 Å². The van der Waals surface area contributed by atoms with Crippen LogP contribution in [0.15, 0.2) is 30.5 Å². The molecule has 1 N–H and O–H groups in total. The molecule has 33 heavy (non-hydrogen) atoms. The number of rotatable bonds is 6. The van der Waals surface area contributed by atoms with Crippen molar-refractivity contribution in [3.63, 3.8) is 0 Å². The molecule has 0 saturated carbocycles. The summed E-state index contributed by atoms with van der Waals surface area (Å²) in [5, 5.41) is 9.00. The van der Waals surface area contributed by atoms with Crippen LogP contribution in [0, 0.1) is 13.8 Å². The number of benzene rings is 1. The smallest absolute Gasteiger partial charge is 0.417 e. The number of aromatic nitrogens is 1. The molecule has 3 atom stereocenters. The number of ether oxygens (including phenoxy) is 1. The Hall–Kier alpha value is -2.65. The highest BCUT2D eigenvalue weighted by atomic mass is 19.4. The lowest BCUT2D eigenvalue weighted by Crippen LogP contribution is -2.49. The van der Waals surface area contributed by atoms with Gasteiger partial charge in [0.15, 0.2) is 0 Å². The van der Waals surface area contributed by atoms with E-state index in [9.17, 15) is 18.0 Å². The molecule has 2 saturated heterocycles. The number of nitrogens with zero attached hydrogens (tertiary/aromatic N) is 3. The van der Waals surface area contributed by atoms with Crippen LogP contribution in [0.3, 0.4) is 0 Å². The van der Waals surface area contributed by atoms with Gasteiger partial charge in [-0.3, -0.25) is 14.7 Å². The van der Waals surface area contributed by atoms with Crippen molar-refractivity contribution in [1.82, 2.24) is 14.8 Å². The van der Waals surface area contributed by atoms with E-state index in [1.165, 1.54) is 5.56 Å². The molecule has 0 aliphatic carbocycles. The zero-order chi connectivity index (χ0) is 23.9. The van der Waals surface area contributed by atoms with Crippen LogP contribution in [0.5, 0.6) is 5.75 Å². The molecule has 178 valence electrons. The van der Waals surface area contributed by atoms with Crippen LogP contribution in [-0.2, 0) is 6.18 Å². The molecule has 0 unspecified atom stereocenters. The second kappa shape index (κ2) is 8.95. The number of amides is 1. The number of carbonyl (C=O) groups excluding carboxylic acids is 1. The molecule has 1 amide bonds. The van der Waals surface area contributed by atoms with E-state index in [4.69, 9.17) is 9.84 Å². The van der Waals surface area contributed by atoms with E-state index >= 15 is 0 Å². The molecule has 2 aromatic rings. The molecule has 9 heteroatoms. The lowest BCUT2D eigenvalue weighted by molar-refractivity contribution is -0.137. The number of carbonyl (C=O) groups is 1. The molecule has 0 radical (unpaired) electrons. The Kier molecular flexibility index (Phi) is 6.37. The van der Waals surface area contributed by atoms with Gasteiger partial charge in [-0.25, -0.2) is 0 Å². The zero-order valence-electron chi connectivity index (χ0n) is 18.9. The van der Waals surface area contributed by atoms with Crippen LogP contribution in [0.25, 0.3) is 0 Å². The van der Waals surface area contributed by atoms with Gasteiger partial charge in [-0.2, -0.15) is 13.2 Å². The number of hydrogen-bond acceptors (Lipinski definition) is 5. The molecule has 1 aromatic carbocycles. The highest BCUT2D eigenvalue weighted by molar-refractivity contribution is 5.93. The van der Waals surface area contributed by atoms with Gasteiger partial charge in [-0.15, -0.1) is 0 Å². The maximum Gasteiger partial charge on any atom is 0.417 e. The lowest BCUT2D eigenvalue weighted by atomic mass is 9.96. The molecular weight excluding hydrogens is 435 g/mol. The number of pyridine rings is 1. The standard InChI is InChI=1S/C24H28F3N3O3/c1-14-15(2)22(33-9-8-31)7-5-20(14)16(3)29-12-19-10-18(29)13-30(19)23(32)21-6-4-17(11-28-21)24(25,26)27/h4-7,11,16,18-19,31H,8-10,12-13H2,1-3H3/t16-,18-,19-/m0/s1. The van der Waals surface area contributed by atoms with E-state index in [-0.39, 0.29) is 42.9 Å². The predicted molar refractivity (Wildman–Crippen MR) is 116 cm³/mol. The SMILES string of the molecule is Cc1c(OCCO)ccc([C@H](C)N2C[C@@H]3C[C@H]2CN3C(=O)c2ccc(C(F)(F)F)cn2)c1C. The van der Waals surface area contributed by atoms with Gasteiger partial charge in [0, 0.05) is 37.4 Å². The summed E-state index contributed by atoms with van der Waals surface area (Å²) < 4.78 is 43.9. The third kappa shape index (κ3) is 4.44. The van der Waals surface area contributed by atoms with Crippen LogP contribution >= 0.6 is 0 Å². The molecule has 2 aliphatic rings. The zero-order valence-corrected chi connectivity index (χ0v) is 18.9. The largest absolute Gasteiger partial charge is 0.491 e. The summed E-state index contributed by atoms with van der Waals surface area (Å²) in [7, 11) is 0. The first kappa shape index (κ1) is 23.5. The van der Waals surface area contributed by atoms with Gasteiger partial charge < -0.3 is 14.7 Å². The number of aliphatic hydroxyl groups excluding tert-OH is 1. The first-order valence-corrected chi connectivity index (χ1v) is 11.1. The minimum absolute atomic E-state index is 0.0163. The van der Waals surface area contributed by atoms with Gasteiger partial charge in [0.2, 0.25) is 0 Å². The van der Waals surface area contributed by atoms with Crippen LogP contribution in [0.4, 0.5) is 13.2 Å². The highest BCUT2D eigenvalue weighted by Gasteiger charge is 2.47. The number of hydrogen-bond donors (Lipinski definition) is 1. The van der Waals surface area contributed by atoms with Crippen molar-refractivity contribution in [1.29, 1.82) is 0 Å². The highest BCUT2D eigenvalue weighted by Crippen LogP contribution is 2.39. The van der Waals surface area contributed by atoms with Crippen molar-refractivity contribution in [3.8, 4) is 5.75 Å². The summed E-state index contributed by atoms with van der Waals surface area (Å²) >= 11 is 0. The second-order valence-electron chi connectivity index (χ2n) is 8.78. The molecular formula is C24H28F3N3O3. The normalized spacial score (nSPS) is 21.5. The quantitative estimate of drug-likeness (QED) is 0.707. The molecule has 2 aliphatic heterocycles. The van der Waals surface area contributed by atoms with Crippen LogP contribution < -0.4 is 4.74 Å². The average Bonchev–Trinajstić information content (AvgIpc) is 3.40. The minimum Gasteiger partial charge on any atom is -0.491 e. The Bertz CT molecular complexity index is 1030. The first-order valence-electron chi connectivity index (χ1n) is 11.1. The number of alkyl halides is 3. The molecule has 3 heterocycles.